The number of hydrogen-bond acceptors (Lipinski definition) is 3. The molecule has 1 amide bonds. The Bertz CT molecular complexity index is 724. The van der Waals surface area contributed by atoms with Crippen molar-refractivity contribution in [2.24, 2.45) is 0 Å². The highest BCUT2D eigenvalue weighted by Gasteiger charge is 2.45. The lowest BCUT2D eigenvalue weighted by atomic mass is 9.99. The predicted octanol–water partition coefficient (Wildman–Crippen LogP) is 1.65. The highest BCUT2D eigenvalue weighted by molar-refractivity contribution is 7.88. The van der Waals surface area contributed by atoms with E-state index < -0.39 is 27.6 Å². The zero-order valence-electron chi connectivity index (χ0n) is 12.6. The van der Waals surface area contributed by atoms with Crippen molar-refractivity contribution < 1.29 is 22.0 Å². The second kappa shape index (κ2) is 5.83. The second-order valence-corrected chi connectivity index (χ2v) is 8.14. The Morgan fingerprint density at radius 1 is 1.17 bits per heavy atom. The quantitative estimate of drug-likeness (QED) is 0.907. The molecule has 0 aromatic heterocycles. The fraction of sp³-hybridized carbons (Fsp3) is 0.533. The van der Waals surface area contributed by atoms with Crippen molar-refractivity contribution in [3.63, 3.8) is 0 Å². The van der Waals surface area contributed by atoms with Gasteiger partial charge in [-0.25, -0.2) is 17.2 Å². The largest absolute Gasteiger partial charge is 0.349 e. The van der Waals surface area contributed by atoms with Crippen molar-refractivity contribution >= 4 is 15.9 Å². The fourth-order valence-electron chi connectivity index (χ4n) is 3.70. The minimum Gasteiger partial charge on any atom is -0.349 e. The van der Waals surface area contributed by atoms with Gasteiger partial charge in [-0.15, -0.1) is 0 Å². The summed E-state index contributed by atoms with van der Waals surface area (Å²) in [5, 5.41) is 2.81. The van der Waals surface area contributed by atoms with E-state index in [2.05, 4.69) is 5.32 Å². The van der Waals surface area contributed by atoms with Crippen LogP contribution in [0, 0.1) is 11.6 Å². The first-order chi connectivity index (χ1) is 10.8. The van der Waals surface area contributed by atoms with Crippen LogP contribution in [0.15, 0.2) is 18.2 Å². The lowest BCUT2D eigenvalue weighted by molar-refractivity contribution is 0.0909. The van der Waals surface area contributed by atoms with Crippen molar-refractivity contribution in [2.45, 2.75) is 43.8 Å². The highest BCUT2D eigenvalue weighted by Crippen LogP contribution is 2.37. The second-order valence-electron chi connectivity index (χ2n) is 6.25. The number of sulfonamides is 1. The molecule has 1 aromatic carbocycles. The van der Waals surface area contributed by atoms with Crippen LogP contribution in [0.25, 0.3) is 0 Å². The van der Waals surface area contributed by atoms with Crippen LogP contribution in [0.4, 0.5) is 8.78 Å². The van der Waals surface area contributed by atoms with E-state index in [1.165, 1.54) is 12.3 Å². The first-order valence-electron chi connectivity index (χ1n) is 7.50. The van der Waals surface area contributed by atoms with Crippen molar-refractivity contribution in [3.8, 4) is 0 Å². The highest BCUT2D eigenvalue weighted by atomic mass is 32.2. The Morgan fingerprint density at radius 2 is 1.78 bits per heavy atom. The van der Waals surface area contributed by atoms with Gasteiger partial charge in [-0.2, -0.15) is 4.31 Å². The maximum Gasteiger partial charge on any atom is 0.251 e. The zero-order valence-corrected chi connectivity index (χ0v) is 13.4. The summed E-state index contributed by atoms with van der Waals surface area (Å²) in [6.45, 7) is 0. The van der Waals surface area contributed by atoms with Crippen LogP contribution >= 0.6 is 0 Å². The van der Waals surface area contributed by atoms with Gasteiger partial charge in [0.25, 0.3) is 5.91 Å². The molecule has 2 heterocycles. The summed E-state index contributed by atoms with van der Waals surface area (Å²) < 4.78 is 51.3. The van der Waals surface area contributed by atoms with Crippen molar-refractivity contribution in [3.05, 3.63) is 35.4 Å². The third-order valence-corrected chi connectivity index (χ3v) is 5.93. The molecule has 126 valence electrons. The summed E-state index contributed by atoms with van der Waals surface area (Å²) in [7, 11) is -3.25. The number of rotatable bonds is 3. The number of amides is 1. The third kappa shape index (κ3) is 3.23. The van der Waals surface area contributed by atoms with Gasteiger partial charge in [-0.1, -0.05) is 0 Å². The number of halogens is 2. The molecule has 0 aliphatic carbocycles. The minimum atomic E-state index is -3.25. The molecule has 0 radical (unpaired) electrons. The SMILES string of the molecule is CS(=O)(=O)N1C2CCC1CC(NC(=O)c1ccc(F)c(F)c1)C2. The number of hydrogen-bond donors (Lipinski definition) is 1. The van der Waals surface area contributed by atoms with Gasteiger partial charge >= 0.3 is 0 Å². The normalized spacial score (nSPS) is 27.9. The number of nitrogens with zero attached hydrogens (tertiary/aromatic N) is 1. The van der Waals surface area contributed by atoms with Crippen LogP contribution < -0.4 is 5.32 Å². The third-order valence-electron chi connectivity index (χ3n) is 4.57. The minimum absolute atomic E-state index is 0.0572. The smallest absolute Gasteiger partial charge is 0.251 e. The Labute approximate surface area is 133 Å². The molecule has 2 aliphatic rings. The van der Waals surface area contributed by atoms with Crippen LogP contribution in [0.3, 0.4) is 0 Å². The molecule has 2 bridgehead atoms. The van der Waals surface area contributed by atoms with Gasteiger partial charge < -0.3 is 5.32 Å². The van der Waals surface area contributed by atoms with E-state index in [0.29, 0.717) is 12.8 Å². The average molecular weight is 344 g/mol. The number of carbonyl (C=O) groups is 1. The zero-order chi connectivity index (χ0) is 16.8. The molecular weight excluding hydrogens is 326 g/mol. The number of fused-ring (bicyclic) bond motifs is 2. The number of benzene rings is 1. The number of nitrogens with one attached hydrogen (secondary N) is 1. The molecule has 2 atom stereocenters. The van der Waals surface area contributed by atoms with Crippen LogP contribution in [0.5, 0.6) is 0 Å². The number of piperidine rings is 1. The van der Waals surface area contributed by atoms with E-state index in [1.807, 2.05) is 0 Å². The van der Waals surface area contributed by atoms with Gasteiger partial charge in [0.05, 0.1) is 6.26 Å². The molecule has 2 fully saturated rings. The summed E-state index contributed by atoms with van der Waals surface area (Å²) in [6, 6.07) is 2.66. The van der Waals surface area contributed by atoms with E-state index in [1.54, 1.807) is 4.31 Å². The predicted molar refractivity (Wildman–Crippen MR) is 80.3 cm³/mol. The van der Waals surface area contributed by atoms with Crippen LogP contribution in [-0.4, -0.2) is 43.0 Å². The average Bonchev–Trinajstić information content (AvgIpc) is 2.74. The Balaban J connectivity index is 1.69. The monoisotopic (exact) mass is 344 g/mol. The van der Waals surface area contributed by atoms with Crippen LogP contribution in [0.1, 0.15) is 36.0 Å². The lowest BCUT2D eigenvalue weighted by Crippen LogP contribution is -2.52. The fourth-order valence-corrected chi connectivity index (χ4v) is 5.17. The number of carbonyl (C=O) groups excluding carboxylic acids is 1. The maximum atomic E-state index is 13.2. The van der Waals surface area contributed by atoms with Gasteiger partial charge in [0.1, 0.15) is 0 Å². The summed E-state index contributed by atoms with van der Waals surface area (Å²) in [6.07, 6.45) is 3.86. The van der Waals surface area contributed by atoms with Crippen LogP contribution in [0.2, 0.25) is 0 Å². The summed E-state index contributed by atoms with van der Waals surface area (Å²) in [5.74, 6) is -2.54. The van der Waals surface area contributed by atoms with E-state index >= 15 is 0 Å². The van der Waals surface area contributed by atoms with E-state index in [-0.39, 0.29) is 23.7 Å². The molecule has 2 saturated heterocycles. The molecule has 2 aliphatic heterocycles. The summed E-state index contributed by atoms with van der Waals surface area (Å²) in [5.41, 5.74) is 0.0572. The topological polar surface area (TPSA) is 66.5 Å². The molecule has 23 heavy (non-hydrogen) atoms. The van der Waals surface area contributed by atoms with Crippen LogP contribution in [-0.2, 0) is 10.0 Å². The van der Waals surface area contributed by atoms with Gasteiger partial charge in [0.15, 0.2) is 11.6 Å². The Hall–Kier alpha value is -1.54. The molecule has 2 unspecified atom stereocenters. The molecule has 0 spiro atoms. The molecule has 8 heteroatoms. The van der Waals surface area contributed by atoms with Gasteiger partial charge in [0, 0.05) is 23.7 Å². The standard InChI is InChI=1S/C15H18F2N2O3S/c1-23(21,22)19-11-3-4-12(19)8-10(7-11)18-15(20)9-2-5-13(16)14(17)6-9/h2,5-6,10-12H,3-4,7-8H2,1H3,(H,18,20). The van der Waals surface area contributed by atoms with Gasteiger partial charge in [-0.05, 0) is 43.9 Å². The first kappa shape index (κ1) is 16.3. The van der Waals surface area contributed by atoms with Crippen molar-refractivity contribution in [2.75, 3.05) is 6.26 Å². The van der Waals surface area contributed by atoms with E-state index in [4.69, 9.17) is 0 Å². The summed E-state index contributed by atoms with van der Waals surface area (Å²) in [4.78, 5) is 12.2. The van der Waals surface area contributed by atoms with E-state index in [9.17, 15) is 22.0 Å². The molecule has 1 N–H and O–H groups in total. The van der Waals surface area contributed by atoms with E-state index in [0.717, 1.165) is 25.0 Å². The van der Waals surface area contributed by atoms with Gasteiger partial charge in [-0.3, -0.25) is 4.79 Å². The van der Waals surface area contributed by atoms with Crippen molar-refractivity contribution in [1.82, 2.24) is 9.62 Å². The Morgan fingerprint density at radius 3 is 2.30 bits per heavy atom. The molecule has 1 aromatic rings. The summed E-state index contributed by atoms with van der Waals surface area (Å²) >= 11 is 0. The Kier molecular flexibility index (Phi) is 4.14. The lowest BCUT2D eigenvalue weighted by Gasteiger charge is -2.37. The maximum absolute atomic E-state index is 13.2. The van der Waals surface area contributed by atoms with Crippen molar-refractivity contribution in [1.29, 1.82) is 0 Å². The molecule has 0 saturated carbocycles. The molecule has 3 rings (SSSR count). The first-order valence-corrected chi connectivity index (χ1v) is 9.35. The molecular formula is C15H18F2N2O3S. The van der Waals surface area contributed by atoms with Gasteiger partial charge in [0.2, 0.25) is 10.0 Å². The molecule has 5 nitrogen and oxygen atoms in total.